The molecule has 25 heavy (non-hydrogen) atoms. The summed E-state index contributed by atoms with van der Waals surface area (Å²) in [6.07, 6.45) is 0. The molecule has 1 heterocycles. The van der Waals surface area contributed by atoms with Gasteiger partial charge in [-0.2, -0.15) is 5.26 Å². The molecule has 0 aliphatic rings. The number of hydrogen-bond donors (Lipinski definition) is 1. The van der Waals surface area contributed by atoms with Crippen LogP contribution in [-0.4, -0.2) is 21.6 Å². The van der Waals surface area contributed by atoms with E-state index >= 15 is 0 Å². The Kier molecular flexibility index (Phi) is 5.81. The molecule has 1 N–H and O–H groups in total. The number of carbonyl (C=O) groups is 1. The monoisotopic (exact) mass is 354 g/mol. The summed E-state index contributed by atoms with van der Waals surface area (Å²) in [6.45, 7) is 9.99. The second-order valence-corrected chi connectivity index (χ2v) is 7.78. The van der Waals surface area contributed by atoms with Gasteiger partial charge in [0.1, 0.15) is 22.5 Å². The third kappa shape index (κ3) is 5.04. The zero-order valence-corrected chi connectivity index (χ0v) is 16.0. The highest BCUT2D eigenvalue weighted by atomic mass is 32.2. The number of carbonyl (C=O) groups excluding carboxylic acids is 1. The first-order chi connectivity index (χ1) is 11.7. The summed E-state index contributed by atoms with van der Waals surface area (Å²) in [5.41, 5.74) is 3.11. The van der Waals surface area contributed by atoms with Crippen LogP contribution in [0.15, 0.2) is 29.3 Å². The molecule has 0 fully saturated rings. The maximum absolute atomic E-state index is 12.2. The number of rotatable bonds is 4. The Labute approximate surface area is 152 Å². The van der Waals surface area contributed by atoms with E-state index in [1.165, 1.54) is 17.3 Å². The fraction of sp³-hybridized carbons (Fsp3) is 0.368. The van der Waals surface area contributed by atoms with E-state index in [0.29, 0.717) is 22.1 Å². The molecule has 6 heteroatoms. The first kappa shape index (κ1) is 18.9. The lowest BCUT2D eigenvalue weighted by molar-refractivity contribution is -0.113. The predicted octanol–water partition coefficient (Wildman–Crippen LogP) is 3.99. The molecule has 0 bridgehead atoms. The van der Waals surface area contributed by atoms with Crippen molar-refractivity contribution < 1.29 is 4.79 Å². The van der Waals surface area contributed by atoms with Crippen molar-refractivity contribution in [3.8, 4) is 6.07 Å². The van der Waals surface area contributed by atoms with Crippen LogP contribution >= 0.6 is 11.8 Å². The number of nitrogens with zero attached hydrogens (tertiary/aromatic N) is 3. The molecule has 1 amide bonds. The van der Waals surface area contributed by atoms with Gasteiger partial charge in [-0.1, -0.05) is 44.7 Å². The van der Waals surface area contributed by atoms with E-state index in [1.807, 2.05) is 24.3 Å². The Morgan fingerprint density at radius 3 is 2.40 bits per heavy atom. The minimum atomic E-state index is -0.133. The Morgan fingerprint density at radius 2 is 1.84 bits per heavy atom. The predicted molar refractivity (Wildman–Crippen MR) is 101 cm³/mol. The van der Waals surface area contributed by atoms with E-state index in [4.69, 9.17) is 0 Å². The minimum absolute atomic E-state index is 0.0782. The summed E-state index contributed by atoms with van der Waals surface area (Å²) in [6, 6.07) is 9.96. The smallest absolute Gasteiger partial charge is 0.234 e. The first-order valence-electron chi connectivity index (χ1n) is 7.99. The minimum Gasteiger partial charge on any atom is -0.325 e. The second-order valence-electron chi connectivity index (χ2n) is 6.81. The fourth-order valence-corrected chi connectivity index (χ4v) is 3.17. The summed E-state index contributed by atoms with van der Waals surface area (Å²) in [5, 5.41) is 12.7. The maximum atomic E-state index is 12.2. The summed E-state index contributed by atoms with van der Waals surface area (Å²) in [7, 11) is 0. The number of amides is 1. The topological polar surface area (TPSA) is 78.7 Å². The Morgan fingerprint density at radius 1 is 1.20 bits per heavy atom. The van der Waals surface area contributed by atoms with E-state index in [9.17, 15) is 10.1 Å². The van der Waals surface area contributed by atoms with Gasteiger partial charge in [0.15, 0.2) is 0 Å². The average Bonchev–Trinajstić information content (AvgIpc) is 2.52. The van der Waals surface area contributed by atoms with Gasteiger partial charge in [0.05, 0.1) is 11.4 Å². The molecule has 0 aliphatic carbocycles. The van der Waals surface area contributed by atoms with Crippen LogP contribution in [0.5, 0.6) is 0 Å². The Balaban J connectivity index is 2.01. The van der Waals surface area contributed by atoms with Crippen LogP contribution in [0.3, 0.4) is 0 Å². The fourth-order valence-electron chi connectivity index (χ4n) is 2.30. The largest absolute Gasteiger partial charge is 0.325 e. The van der Waals surface area contributed by atoms with Crippen LogP contribution in [0.4, 0.5) is 5.69 Å². The molecule has 1 aromatic heterocycles. The van der Waals surface area contributed by atoms with Crippen molar-refractivity contribution in [1.82, 2.24) is 9.97 Å². The van der Waals surface area contributed by atoms with Gasteiger partial charge in [-0.15, -0.1) is 0 Å². The van der Waals surface area contributed by atoms with Crippen LogP contribution < -0.4 is 5.32 Å². The summed E-state index contributed by atoms with van der Waals surface area (Å²) in [4.78, 5) is 20.6. The van der Waals surface area contributed by atoms with Crippen molar-refractivity contribution in [1.29, 1.82) is 5.26 Å². The number of aromatic nitrogens is 2. The van der Waals surface area contributed by atoms with Crippen LogP contribution in [-0.2, 0) is 10.2 Å². The standard InChI is InChI=1S/C19H22N4OS/c1-12-16(10-20)18(22-13(2)21-12)25-11-17(24)23-15-8-6-14(7-9-15)19(3,4)5/h6-9H,11H2,1-5H3,(H,23,24). The molecular weight excluding hydrogens is 332 g/mol. The third-order valence-corrected chi connectivity index (χ3v) is 4.63. The van der Waals surface area contributed by atoms with Gasteiger partial charge in [-0.05, 0) is 37.0 Å². The molecular formula is C19H22N4OS. The van der Waals surface area contributed by atoms with Crippen molar-refractivity contribution >= 4 is 23.4 Å². The van der Waals surface area contributed by atoms with Crippen LogP contribution in [0.25, 0.3) is 0 Å². The normalized spacial score (nSPS) is 11.0. The molecule has 0 radical (unpaired) electrons. The third-order valence-electron chi connectivity index (χ3n) is 3.65. The summed E-state index contributed by atoms with van der Waals surface area (Å²) >= 11 is 1.25. The highest BCUT2D eigenvalue weighted by molar-refractivity contribution is 8.00. The zero-order valence-electron chi connectivity index (χ0n) is 15.2. The molecule has 0 saturated carbocycles. The quantitative estimate of drug-likeness (QED) is 0.663. The molecule has 5 nitrogen and oxygen atoms in total. The van der Waals surface area contributed by atoms with E-state index in [0.717, 1.165) is 5.69 Å². The first-order valence-corrected chi connectivity index (χ1v) is 8.98. The van der Waals surface area contributed by atoms with Crippen molar-refractivity contribution in [2.45, 2.75) is 45.1 Å². The lowest BCUT2D eigenvalue weighted by Crippen LogP contribution is -2.15. The summed E-state index contributed by atoms with van der Waals surface area (Å²) in [5.74, 6) is 0.648. The number of benzene rings is 1. The lowest BCUT2D eigenvalue weighted by atomic mass is 9.87. The number of anilines is 1. The molecule has 0 unspecified atom stereocenters. The number of nitrogens with one attached hydrogen (secondary N) is 1. The van der Waals surface area contributed by atoms with Gasteiger partial charge >= 0.3 is 0 Å². The number of aryl methyl sites for hydroxylation is 2. The van der Waals surface area contributed by atoms with Crippen molar-refractivity contribution in [3.63, 3.8) is 0 Å². The van der Waals surface area contributed by atoms with Crippen molar-refractivity contribution in [2.75, 3.05) is 11.1 Å². The Bertz CT molecular complexity index is 817. The summed E-state index contributed by atoms with van der Waals surface area (Å²) < 4.78 is 0. The SMILES string of the molecule is Cc1nc(C)c(C#N)c(SCC(=O)Nc2ccc(C(C)(C)C)cc2)n1. The van der Waals surface area contributed by atoms with E-state index in [-0.39, 0.29) is 17.1 Å². The molecule has 2 rings (SSSR count). The van der Waals surface area contributed by atoms with E-state index in [2.05, 4.69) is 42.1 Å². The van der Waals surface area contributed by atoms with E-state index in [1.54, 1.807) is 13.8 Å². The highest BCUT2D eigenvalue weighted by Gasteiger charge is 2.14. The Hall–Kier alpha value is -2.39. The lowest BCUT2D eigenvalue weighted by Gasteiger charge is -2.19. The van der Waals surface area contributed by atoms with Gasteiger partial charge in [-0.3, -0.25) is 4.79 Å². The van der Waals surface area contributed by atoms with Crippen molar-refractivity contribution in [2.24, 2.45) is 0 Å². The number of thioether (sulfide) groups is 1. The molecule has 2 aromatic rings. The van der Waals surface area contributed by atoms with Gasteiger partial charge in [-0.25, -0.2) is 9.97 Å². The number of nitriles is 1. The maximum Gasteiger partial charge on any atom is 0.234 e. The number of hydrogen-bond acceptors (Lipinski definition) is 5. The van der Waals surface area contributed by atoms with Crippen LogP contribution in [0, 0.1) is 25.2 Å². The van der Waals surface area contributed by atoms with Gasteiger partial charge in [0, 0.05) is 5.69 Å². The molecule has 0 aliphatic heterocycles. The second kappa shape index (κ2) is 7.66. The van der Waals surface area contributed by atoms with Gasteiger partial charge in [0.2, 0.25) is 5.91 Å². The van der Waals surface area contributed by atoms with Crippen molar-refractivity contribution in [3.05, 3.63) is 46.9 Å². The van der Waals surface area contributed by atoms with Crippen LogP contribution in [0.2, 0.25) is 0 Å². The molecule has 0 saturated heterocycles. The van der Waals surface area contributed by atoms with Gasteiger partial charge < -0.3 is 5.32 Å². The molecule has 130 valence electrons. The van der Waals surface area contributed by atoms with Gasteiger partial charge in [0.25, 0.3) is 0 Å². The molecule has 0 spiro atoms. The van der Waals surface area contributed by atoms with Crippen LogP contribution in [0.1, 0.15) is 43.4 Å². The molecule has 0 atom stereocenters. The zero-order chi connectivity index (χ0) is 18.6. The average molecular weight is 354 g/mol. The molecule has 1 aromatic carbocycles. The van der Waals surface area contributed by atoms with E-state index < -0.39 is 0 Å². The highest BCUT2D eigenvalue weighted by Crippen LogP contribution is 2.24.